The largest absolute Gasteiger partial charge is 0.491 e. The first-order valence-electron chi connectivity index (χ1n) is 16.5. The average Bonchev–Trinajstić information content (AvgIpc) is 3.49. The predicted molar refractivity (Wildman–Crippen MR) is 174 cm³/mol. The number of aliphatic hydroxyl groups is 1. The van der Waals surface area contributed by atoms with Crippen molar-refractivity contribution in [1.82, 2.24) is 0 Å². The van der Waals surface area contributed by atoms with Gasteiger partial charge in [0.1, 0.15) is 18.0 Å². The summed E-state index contributed by atoms with van der Waals surface area (Å²) in [6, 6.07) is 5.22. The van der Waals surface area contributed by atoms with Crippen LogP contribution in [0.25, 0.3) is 0 Å². The van der Waals surface area contributed by atoms with Gasteiger partial charge < -0.3 is 9.84 Å². The molecule has 2 aliphatic heterocycles. The lowest BCUT2D eigenvalue weighted by atomic mass is 9.56. The van der Waals surface area contributed by atoms with E-state index >= 15 is 8.78 Å². The fourth-order valence-electron chi connectivity index (χ4n) is 8.18. The summed E-state index contributed by atoms with van der Waals surface area (Å²) < 4.78 is 161. The highest BCUT2D eigenvalue weighted by Crippen LogP contribution is 2.66. The number of rotatable bonds is 6. The Bertz CT molecular complexity index is 2240. The third kappa shape index (κ3) is 5.81. The van der Waals surface area contributed by atoms with Crippen molar-refractivity contribution < 1.29 is 77.3 Å². The van der Waals surface area contributed by atoms with E-state index in [9.17, 15) is 58.7 Å². The molecule has 1 N–H and O–H groups in total. The number of carbonyl (C=O) groups is 4. The molecule has 7 rings (SSSR count). The van der Waals surface area contributed by atoms with E-state index in [1.54, 1.807) is 0 Å². The van der Waals surface area contributed by atoms with Gasteiger partial charge in [-0.1, -0.05) is 23.8 Å². The minimum atomic E-state index is -5.37. The number of allylic oxidation sites excluding steroid dienone is 2. The fraction of sp³-hybridized carbons (Fsp3) is 0.333. The molecule has 4 aliphatic rings. The maximum Gasteiger partial charge on any atom is 0.416 e. The molecular weight excluding hydrogens is 836 g/mol. The molecule has 0 aromatic heterocycles. The summed E-state index contributed by atoms with van der Waals surface area (Å²) in [5, 5.41) is 9.13. The highest BCUT2D eigenvalue weighted by Gasteiger charge is 2.77. The second-order valence-corrected chi connectivity index (χ2v) is 14.9. The first kappa shape index (κ1) is 40.4. The number of amides is 4. The molecule has 0 bridgehead atoms. The molecule has 302 valence electrons. The van der Waals surface area contributed by atoms with E-state index in [-0.39, 0.29) is 46.6 Å². The molecule has 2 saturated heterocycles. The number of carbonyl (C=O) groups excluding carboxylic acids is 4. The predicted octanol–water partition coefficient (Wildman–Crippen LogP) is 7.56. The maximum absolute atomic E-state index is 15.2. The van der Waals surface area contributed by atoms with Gasteiger partial charge in [0.25, 0.3) is 11.8 Å². The van der Waals surface area contributed by atoms with Gasteiger partial charge in [-0.3, -0.25) is 19.2 Å². The molecule has 0 radical (unpaired) electrons. The zero-order chi connectivity index (χ0) is 41.9. The molecule has 6 atom stereocenters. The summed E-state index contributed by atoms with van der Waals surface area (Å²) in [6.45, 7) is -0.594. The van der Waals surface area contributed by atoms with E-state index in [4.69, 9.17) is 33.0 Å². The Balaban J connectivity index is 1.40. The van der Waals surface area contributed by atoms with Crippen molar-refractivity contribution >= 4 is 58.2 Å². The van der Waals surface area contributed by atoms with E-state index < -0.39 is 145 Å². The first-order valence-corrected chi connectivity index (χ1v) is 17.2. The minimum absolute atomic E-state index is 0.0255. The molecule has 2 aliphatic carbocycles. The number of imide groups is 2. The second-order valence-electron chi connectivity index (χ2n) is 13.6. The third-order valence-corrected chi connectivity index (χ3v) is 12.0. The quantitative estimate of drug-likeness (QED) is 0.0686. The van der Waals surface area contributed by atoms with Crippen molar-refractivity contribution in [3.63, 3.8) is 0 Å². The minimum Gasteiger partial charge on any atom is -0.491 e. The van der Waals surface area contributed by atoms with Gasteiger partial charge in [-0.25, -0.2) is 31.8 Å². The highest BCUT2D eigenvalue weighted by atomic mass is 35.5. The van der Waals surface area contributed by atoms with Crippen LogP contribution in [0, 0.1) is 46.8 Å². The Labute approximate surface area is 322 Å². The standard InChI is InChI=1S/C36H21Cl2F11N2O6/c37-33-12-20-18(5-6-19-21(20)30(54)50(29(19)53)16-10-14(35(44,45)46)9-15(11-16)36(47,48)49)22(13-1-3-17(4-2-13)57-8-7-52)34(33,38)32(56)51(31(33)55)28-26(42)24(40)23(39)25(41)27(28)43/h1-5,9-11,19-22,52H,6-8,12H2/t19-,20+,21-,22-,33+,34-/m0/s1. The molecule has 0 spiro atoms. The van der Waals surface area contributed by atoms with Crippen LogP contribution in [0.15, 0.2) is 54.1 Å². The van der Waals surface area contributed by atoms with Crippen LogP contribution in [0.1, 0.15) is 35.4 Å². The summed E-state index contributed by atoms with van der Waals surface area (Å²) in [5.41, 5.74) is -6.87. The Morgan fingerprint density at radius 3 is 1.81 bits per heavy atom. The SMILES string of the molecule is O=C1[C@H]2[C@H](CC=C3[C@H]2C[C@@]2(Cl)C(=O)N(c4c(F)c(F)c(F)c(F)c4F)C(=O)[C@@]2(Cl)[C@H]3c2ccc(OCCO)cc2)C(=O)N1c1cc(C(F)(F)F)cc(C(F)(F)F)c1. The summed E-state index contributed by atoms with van der Waals surface area (Å²) in [6.07, 6.45) is -10.9. The Hall–Kier alpha value is -4.75. The van der Waals surface area contributed by atoms with Crippen molar-refractivity contribution in [2.45, 2.75) is 40.9 Å². The summed E-state index contributed by atoms with van der Waals surface area (Å²) in [7, 11) is 0. The molecule has 3 fully saturated rings. The monoisotopic (exact) mass is 856 g/mol. The number of aliphatic hydroxyl groups excluding tert-OH is 1. The molecule has 3 aromatic carbocycles. The number of nitrogens with zero attached hydrogens (tertiary/aromatic N) is 2. The number of fused-ring (bicyclic) bond motifs is 4. The van der Waals surface area contributed by atoms with Gasteiger partial charge in [0.15, 0.2) is 33.0 Å². The molecule has 4 amide bonds. The topological polar surface area (TPSA) is 104 Å². The van der Waals surface area contributed by atoms with Crippen LogP contribution in [0.5, 0.6) is 5.75 Å². The zero-order valence-electron chi connectivity index (χ0n) is 28.1. The van der Waals surface area contributed by atoms with Gasteiger partial charge in [-0.05, 0) is 54.7 Å². The molecule has 0 unspecified atom stereocenters. The molecule has 3 aromatic rings. The van der Waals surface area contributed by atoms with Gasteiger partial charge in [0.2, 0.25) is 17.6 Å². The lowest BCUT2D eigenvalue weighted by Gasteiger charge is -2.50. The summed E-state index contributed by atoms with van der Waals surface area (Å²) >= 11 is 14.0. The molecule has 1 saturated carbocycles. The van der Waals surface area contributed by atoms with E-state index in [0.717, 1.165) is 0 Å². The number of halogens is 13. The van der Waals surface area contributed by atoms with Gasteiger partial charge in [0.05, 0.1) is 35.3 Å². The van der Waals surface area contributed by atoms with Gasteiger partial charge in [0, 0.05) is 5.92 Å². The molecule has 57 heavy (non-hydrogen) atoms. The number of ether oxygens (including phenoxy) is 1. The molecule has 21 heteroatoms. The van der Waals surface area contributed by atoms with E-state index in [0.29, 0.717) is 0 Å². The van der Waals surface area contributed by atoms with E-state index in [1.807, 2.05) is 0 Å². The van der Waals surface area contributed by atoms with Gasteiger partial charge in [-0.2, -0.15) is 26.3 Å². The van der Waals surface area contributed by atoms with Crippen LogP contribution in [0.3, 0.4) is 0 Å². The molecular formula is C36H21Cl2F11N2O6. The Kier molecular flexibility index (Phi) is 9.51. The van der Waals surface area contributed by atoms with Crippen LogP contribution in [0.2, 0.25) is 0 Å². The fourth-order valence-corrected chi connectivity index (χ4v) is 9.12. The smallest absolute Gasteiger partial charge is 0.416 e. The van der Waals surface area contributed by atoms with Crippen molar-refractivity contribution in [3.05, 3.63) is 99.9 Å². The summed E-state index contributed by atoms with van der Waals surface area (Å²) in [5.74, 6) is -25.4. The van der Waals surface area contributed by atoms with Gasteiger partial charge in [-0.15, -0.1) is 23.2 Å². The van der Waals surface area contributed by atoms with Crippen LogP contribution >= 0.6 is 23.2 Å². The van der Waals surface area contributed by atoms with Crippen molar-refractivity contribution in [1.29, 1.82) is 0 Å². The van der Waals surface area contributed by atoms with Crippen LogP contribution in [0.4, 0.5) is 59.7 Å². The van der Waals surface area contributed by atoms with Gasteiger partial charge >= 0.3 is 12.4 Å². The van der Waals surface area contributed by atoms with Crippen LogP contribution < -0.4 is 14.5 Å². The molecule has 8 nitrogen and oxygen atoms in total. The van der Waals surface area contributed by atoms with Crippen LogP contribution in [-0.4, -0.2) is 51.7 Å². The maximum atomic E-state index is 15.2. The number of hydrogen-bond acceptors (Lipinski definition) is 6. The number of hydrogen-bond donors (Lipinski definition) is 1. The number of anilines is 2. The normalized spacial score (nSPS) is 27.4. The van der Waals surface area contributed by atoms with E-state index in [1.165, 1.54) is 30.3 Å². The number of alkyl halides is 8. The molecule has 2 heterocycles. The highest BCUT2D eigenvalue weighted by molar-refractivity contribution is 6.58. The second kappa shape index (κ2) is 13.4. The van der Waals surface area contributed by atoms with Crippen molar-refractivity contribution in [2.24, 2.45) is 17.8 Å². The first-order chi connectivity index (χ1) is 26.5. The lowest BCUT2D eigenvalue weighted by Crippen LogP contribution is -2.60. The van der Waals surface area contributed by atoms with Crippen molar-refractivity contribution in [3.8, 4) is 5.75 Å². The zero-order valence-corrected chi connectivity index (χ0v) is 29.6. The van der Waals surface area contributed by atoms with Crippen LogP contribution in [-0.2, 0) is 31.5 Å². The van der Waals surface area contributed by atoms with Crippen molar-refractivity contribution in [2.75, 3.05) is 23.0 Å². The number of benzene rings is 3. The third-order valence-electron chi connectivity index (χ3n) is 10.6. The Morgan fingerprint density at radius 1 is 0.737 bits per heavy atom. The lowest BCUT2D eigenvalue weighted by molar-refractivity contribution is -0.143. The van der Waals surface area contributed by atoms with E-state index in [2.05, 4.69) is 0 Å². The average molecular weight is 857 g/mol. The Morgan fingerprint density at radius 2 is 1.28 bits per heavy atom. The summed E-state index contributed by atoms with van der Waals surface area (Å²) in [4.78, 5) is 50.6.